The minimum Gasteiger partial charge on any atom is -0.491 e. The topological polar surface area (TPSA) is 49.9 Å². The Morgan fingerprint density at radius 2 is 2.05 bits per heavy atom. The number of carbonyl (C=O) groups is 2. The number of amides is 2. The third-order valence-electron chi connectivity index (χ3n) is 6.87. The van der Waals surface area contributed by atoms with Crippen molar-refractivity contribution in [1.29, 1.82) is 0 Å². The first kappa shape index (κ1) is 27.1. The van der Waals surface area contributed by atoms with Crippen LogP contribution in [0.4, 0.5) is 4.39 Å². The van der Waals surface area contributed by atoms with E-state index in [1.165, 1.54) is 23.1 Å². The van der Waals surface area contributed by atoms with Gasteiger partial charge in [0.05, 0.1) is 6.04 Å². The molecule has 2 aromatic carbocycles. The molecule has 3 aromatic rings. The van der Waals surface area contributed by atoms with E-state index in [-0.39, 0.29) is 35.9 Å². The van der Waals surface area contributed by atoms with Crippen LogP contribution in [0.3, 0.4) is 0 Å². The van der Waals surface area contributed by atoms with Crippen molar-refractivity contribution >= 4 is 34.8 Å². The van der Waals surface area contributed by atoms with E-state index in [1.54, 1.807) is 28.4 Å². The first-order chi connectivity index (χ1) is 17.8. The highest BCUT2D eigenvalue weighted by atomic mass is 35.5. The van der Waals surface area contributed by atoms with Crippen LogP contribution in [0.1, 0.15) is 52.7 Å². The molecule has 0 unspecified atom stereocenters. The van der Waals surface area contributed by atoms with Crippen LogP contribution in [0.25, 0.3) is 0 Å². The van der Waals surface area contributed by atoms with Gasteiger partial charge in [0.25, 0.3) is 5.91 Å². The van der Waals surface area contributed by atoms with E-state index in [2.05, 4.69) is 6.07 Å². The van der Waals surface area contributed by atoms with Crippen LogP contribution in [-0.2, 0) is 11.2 Å². The zero-order chi connectivity index (χ0) is 26.5. The summed E-state index contributed by atoms with van der Waals surface area (Å²) in [6.07, 6.45) is 1.62. The highest BCUT2D eigenvalue weighted by Crippen LogP contribution is 2.34. The van der Waals surface area contributed by atoms with E-state index in [0.717, 1.165) is 24.0 Å². The number of benzene rings is 2. The lowest BCUT2D eigenvalue weighted by Gasteiger charge is -2.37. The SMILES string of the molecule is CC[C@H](C)CN(CC(=O)N1CCc2sccc2[C@H]1COc1ccc(Cl)c(C)c1)C(=O)c1cccc(F)c1. The average molecular weight is 543 g/mol. The molecule has 0 spiro atoms. The van der Waals surface area contributed by atoms with Crippen LogP contribution in [0, 0.1) is 18.7 Å². The molecule has 2 amide bonds. The smallest absolute Gasteiger partial charge is 0.254 e. The Morgan fingerprint density at radius 1 is 1.24 bits per heavy atom. The first-order valence-corrected chi connectivity index (χ1v) is 13.8. The third kappa shape index (κ3) is 6.51. The average Bonchev–Trinajstić information content (AvgIpc) is 3.37. The summed E-state index contributed by atoms with van der Waals surface area (Å²) in [6, 6.07) is 12.9. The van der Waals surface area contributed by atoms with Crippen LogP contribution < -0.4 is 4.74 Å². The van der Waals surface area contributed by atoms with Gasteiger partial charge in [-0.15, -0.1) is 11.3 Å². The minimum absolute atomic E-state index is 0.0737. The van der Waals surface area contributed by atoms with Gasteiger partial charge in [0.1, 0.15) is 24.7 Å². The molecule has 1 aliphatic heterocycles. The van der Waals surface area contributed by atoms with E-state index >= 15 is 0 Å². The molecular weight excluding hydrogens is 511 g/mol. The Morgan fingerprint density at radius 3 is 2.78 bits per heavy atom. The Hall–Kier alpha value is -2.90. The number of halogens is 2. The van der Waals surface area contributed by atoms with Gasteiger partial charge in [-0.1, -0.05) is 37.9 Å². The van der Waals surface area contributed by atoms with Gasteiger partial charge in [-0.3, -0.25) is 9.59 Å². The summed E-state index contributed by atoms with van der Waals surface area (Å²) in [6.45, 7) is 7.19. The second-order valence-corrected chi connectivity index (χ2v) is 11.0. The molecule has 5 nitrogen and oxygen atoms in total. The van der Waals surface area contributed by atoms with Crippen molar-refractivity contribution in [2.45, 2.75) is 39.7 Å². The maximum absolute atomic E-state index is 13.8. The van der Waals surface area contributed by atoms with E-state index in [9.17, 15) is 14.0 Å². The van der Waals surface area contributed by atoms with Crippen molar-refractivity contribution in [3.8, 4) is 5.75 Å². The largest absolute Gasteiger partial charge is 0.491 e. The molecule has 1 aliphatic rings. The molecule has 4 rings (SSSR count). The van der Waals surface area contributed by atoms with Gasteiger partial charge in [-0.25, -0.2) is 4.39 Å². The Labute approximate surface area is 226 Å². The van der Waals surface area contributed by atoms with Gasteiger partial charge in [-0.2, -0.15) is 0 Å². The Balaban J connectivity index is 1.55. The van der Waals surface area contributed by atoms with E-state index in [4.69, 9.17) is 16.3 Å². The van der Waals surface area contributed by atoms with E-state index in [1.807, 2.05) is 43.2 Å². The quantitative estimate of drug-likeness (QED) is 0.308. The van der Waals surface area contributed by atoms with Gasteiger partial charge in [0.2, 0.25) is 5.91 Å². The summed E-state index contributed by atoms with van der Waals surface area (Å²) < 4.78 is 20.0. The molecule has 0 bridgehead atoms. The molecule has 0 saturated heterocycles. The summed E-state index contributed by atoms with van der Waals surface area (Å²) in [7, 11) is 0. The van der Waals surface area contributed by atoms with E-state index in [0.29, 0.717) is 30.5 Å². The molecule has 196 valence electrons. The van der Waals surface area contributed by atoms with Gasteiger partial charge in [-0.05, 0) is 78.2 Å². The van der Waals surface area contributed by atoms with Crippen molar-refractivity contribution in [2.75, 3.05) is 26.2 Å². The summed E-state index contributed by atoms with van der Waals surface area (Å²) in [5.74, 6) is -0.0771. The molecular formula is C29H32ClFN2O3S. The molecule has 0 fully saturated rings. The lowest BCUT2D eigenvalue weighted by Crippen LogP contribution is -2.48. The number of aryl methyl sites for hydroxylation is 1. The number of hydrogen-bond acceptors (Lipinski definition) is 4. The second-order valence-electron chi connectivity index (χ2n) is 9.58. The maximum atomic E-state index is 13.8. The summed E-state index contributed by atoms with van der Waals surface area (Å²) in [5, 5.41) is 2.71. The van der Waals surface area contributed by atoms with Crippen LogP contribution in [-0.4, -0.2) is 47.9 Å². The molecule has 2 heterocycles. The lowest BCUT2D eigenvalue weighted by atomic mass is 10.00. The minimum atomic E-state index is -0.476. The summed E-state index contributed by atoms with van der Waals surface area (Å²) >= 11 is 7.85. The van der Waals surface area contributed by atoms with Crippen molar-refractivity contribution in [1.82, 2.24) is 9.80 Å². The highest BCUT2D eigenvalue weighted by Gasteiger charge is 2.34. The van der Waals surface area contributed by atoms with Crippen molar-refractivity contribution in [2.24, 2.45) is 5.92 Å². The number of fused-ring (bicyclic) bond motifs is 1. The first-order valence-electron chi connectivity index (χ1n) is 12.6. The second kappa shape index (κ2) is 12.1. The molecule has 37 heavy (non-hydrogen) atoms. The van der Waals surface area contributed by atoms with E-state index < -0.39 is 5.82 Å². The highest BCUT2D eigenvalue weighted by molar-refractivity contribution is 7.10. The lowest BCUT2D eigenvalue weighted by molar-refractivity contribution is -0.135. The van der Waals surface area contributed by atoms with Gasteiger partial charge >= 0.3 is 0 Å². The predicted molar refractivity (Wildman–Crippen MR) is 146 cm³/mol. The zero-order valence-corrected chi connectivity index (χ0v) is 22.9. The zero-order valence-electron chi connectivity index (χ0n) is 21.4. The molecule has 0 saturated carbocycles. The van der Waals surface area contributed by atoms with Crippen LogP contribution >= 0.6 is 22.9 Å². The van der Waals surface area contributed by atoms with Crippen molar-refractivity contribution in [3.63, 3.8) is 0 Å². The molecule has 1 aromatic heterocycles. The third-order valence-corrected chi connectivity index (χ3v) is 8.29. The monoisotopic (exact) mass is 542 g/mol. The molecule has 2 atom stereocenters. The molecule has 8 heteroatoms. The molecule has 0 aliphatic carbocycles. The number of hydrogen-bond donors (Lipinski definition) is 0. The van der Waals surface area contributed by atoms with Gasteiger partial charge in [0, 0.05) is 28.6 Å². The van der Waals surface area contributed by atoms with Gasteiger partial charge in [0.15, 0.2) is 0 Å². The van der Waals surface area contributed by atoms with Crippen LogP contribution in [0.2, 0.25) is 5.02 Å². The number of ether oxygens (including phenoxy) is 1. The number of thiophene rings is 1. The van der Waals surface area contributed by atoms with Crippen LogP contribution in [0.15, 0.2) is 53.9 Å². The van der Waals surface area contributed by atoms with Crippen molar-refractivity contribution < 1.29 is 18.7 Å². The van der Waals surface area contributed by atoms with Crippen molar-refractivity contribution in [3.05, 3.63) is 86.3 Å². The summed E-state index contributed by atoms with van der Waals surface area (Å²) in [4.78, 5) is 31.7. The number of carbonyl (C=O) groups excluding carboxylic acids is 2. The number of nitrogens with zero attached hydrogens (tertiary/aromatic N) is 2. The Bertz CT molecular complexity index is 1260. The predicted octanol–water partition coefficient (Wildman–Crippen LogP) is 6.54. The summed E-state index contributed by atoms with van der Waals surface area (Å²) in [5.41, 5.74) is 2.25. The number of rotatable bonds is 9. The van der Waals surface area contributed by atoms with Gasteiger partial charge < -0.3 is 14.5 Å². The fraction of sp³-hybridized carbons (Fsp3) is 0.379. The normalized spacial score (nSPS) is 15.7. The maximum Gasteiger partial charge on any atom is 0.254 e. The standard InChI is InChI=1S/C29H32ClFN2O3S/c1-4-19(2)16-32(29(35)21-6-5-7-22(31)15-21)17-28(34)33-12-10-27-24(11-13-37-27)26(33)18-36-23-8-9-25(30)20(3)14-23/h5-9,11,13-15,19,26H,4,10,12,16-18H2,1-3H3/t19-,26+/m0/s1. The fourth-order valence-electron chi connectivity index (χ4n) is 4.54. The Kier molecular flexibility index (Phi) is 8.87. The fourth-order valence-corrected chi connectivity index (χ4v) is 5.59. The molecule has 0 N–H and O–H groups in total. The molecule has 0 radical (unpaired) electrons. The van der Waals surface area contributed by atoms with Crippen LogP contribution in [0.5, 0.6) is 5.75 Å².